The molecule has 132 valence electrons. The number of hydrogen-bond donors (Lipinski definition) is 0. The van der Waals surface area contributed by atoms with Crippen LogP contribution in [0.25, 0.3) is 0 Å². The maximum Gasteiger partial charge on any atom is 0.311 e. The number of carbonyl (C=O) groups excluding carboxylic acids is 1. The fraction of sp³-hybridized carbons (Fsp3) is 0.588. The summed E-state index contributed by atoms with van der Waals surface area (Å²) in [5, 5.41) is 11.1. The molecule has 1 aromatic rings. The van der Waals surface area contributed by atoms with Gasteiger partial charge in [-0.1, -0.05) is 13.8 Å². The highest BCUT2D eigenvalue weighted by atomic mass is 16.6. The fourth-order valence-corrected chi connectivity index (χ4v) is 2.88. The molecule has 7 nitrogen and oxygen atoms in total. The number of nitrogens with zero attached hydrogens (tertiary/aromatic N) is 3. The van der Waals surface area contributed by atoms with Gasteiger partial charge in [-0.3, -0.25) is 14.9 Å². The van der Waals surface area contributed by atoms with E-state index in [1.807, 2.05) is 18.7 Å². The lowest BCUT2D eigenvalue weighted by Crippen LogP contribution is -2.37. The molecular formula is C17H25N3O4. The summed E-state index contributed by atoms with van der Waals surface area (Å²) in [5.41, 5.74) is 0.870. The molecule has 1 aliphatic rings. The molecule has 1 saturated heterocycles. The van der Waals surface area contributed by atoms with Crippen molar-refractivity contribution in [1.29, 1.82) is 0 Å². The van der Waals surface area contributed by atoms with Crippen molar-refractivity contribution >= 4 is 17.3 Å². The molecule has 2 rings (SSSR count). The lowest BCUT2D eigenvalue weighted by atomic mass is 10.2. The van der Waals surface area contributed by atoms with E-state index in [0.29, 0.717) is 25.4 Å². The van der Waals surface area contributed by atoms with Gasteiger partial charge >= 0.3 is 5.69 Å². The van der Waals surface area contributed by atoms with E-state index in [4.69, 9.17) is 4.74 Å². The first-order valence-electron chi connectivity index (χ1n) is 8.39. The zero-order valence-electron chi connectivity index (χ0n) is 14.5. The van der Waals surface area contributed by atoms with Gasteiger partial charge in [0.25, 0.3) is 0 Å². The van der Waals surface area contributed by atoms with Crippen LogP contribution in [0, 0.1) is 16.0 Å². The van der Waals surface area contributed by atoms with Crippen molar-refractivity contribution in [3.63, 3.8) is 0 Å². The van der Waals surface area contributed by atoms with E-state index < -0.39 is 4.92 Å². The van der Waals surface area contributed by atoms with Crippen molar-refractivity contribution in [2.24, 2.45) is 5.92 Å². The zero-order chi connectivity index (χ0) is 17.7. The highest BCUT2D eigenvalue weighted by Crippen LogP contribution is 2.32. The largest absolute Gasteiger partial charge is 0.487 e. The maximum absolute atomic E-state index is 12.2. The summed E-state index contributed by atoms with van der Waals surface area (Å²) in [6.07, 6.45) is 0.874. The Morgan fingerprint density at radius 1 is 1.29 bits per heavy atom. The molecule has 24 heavy (non-hydrogen) atoms. The summed E-state index contributed by atoms with van der Waals surface area (Å²) in [6.45, 7) is 8.94. The third kappa shape index (κ3) is 4.15. The Balaban J connectivity index is 2.15. The van der Waals surface area contributed by atoms with Gasteiger partial charge in [0.2, 0.25) is 5.91 Å². The molecule has 0 radical (unpaired) electrons. The van der Waals surface area contributed by atoms with Gasteiger partial charge < -0.3 is 14.5 Å². The number of hydrogen-bond acceptors (Lipinski definition) is 5. The van der Waals surface area contributed by atoms with Crippen molar-refractivity contribution in [2.45, 2.75) is 27.2 Å². The maximum atomic E-state index is 12.2. The van der Waals surface area contributed by atoms with E-state index >= 15 is 0 Å². The highest BCUT2D eigenvalue weighted by Gasteiger charge is 2.23. The van der Waals surface area contributed by atoms with Crippen molar-refractivity contribution < 1.29 is 14.5 Å². The molecule has 1 aromatic carbocycles. The molecule has 1 amide bonds. The Morgan fingerprint density at radius 3 is 2.67 bits per heavy atom. The predicted octanol–water partition coefficient (Wildman–Crippen LogP) is 2.69. The minimum Gasteiger partial charge on any atom is -0.487 e. The van der Waals surface area contributed by atoms with E-state index in [1.54, 1.807) is 19.1 Å². The summed E-state index contributed by atoms with van der Waals surface area (Å²) < 4.78 is 5.42. The van der Waals surface area contributed by atoms with Crippen LogP contribution in [0.4, 0.5) is 11.4 Å². The van der Waals surface area contributed by atoms with Gasteiger partial charge in [-0.25, -0.2) is 0 Å². The second kappa shape index (κ2) is 7.99. The van der Waals surface area contributed by atoms with Gasteiger partial charge in [-0.15, -0.1) is 0 Å². The van der Waals surface area contributed by atoms with Crippen LogP contribution in [0.1, 0.15) is 27.2 Å². The molecule has 0 saturated carbocycles. The topological polar surface area (TPSA) is 75.9 Å². The van der Waals surface area contributed by atoms with E-state index in [1.165, 1.54) is 6.07 Å². The first-order valence-corrected chi connectivity index (χ1v) is 8.39. The second-order valence-corrected chi connectivity index (χ2v) is 6.16. The van der Waals surface area contributed by atoms with Crippen molar-refractivity contribution in [1.82, 2.24) is 4.90 Å². The number of rotatable bonds is 5. The van der Waals surface area contributed by atoms with Crippen LogP contribution in [-0.2, 0) is 4.79 Å². The van der Waals surface area contributed by atoms with E-state index in [9.17, 15) is 14.9 Å². The number of nitro groups is 1. The van der Waals surface area contributed by atoms with Crippen LogP contribution in [0.5, 0.6) is 5.75 Å². The predicted molar refractivity (Wildman–Crippen MR) is 92.5 cm³/mol. The van der Waals surface area contributed by atoms with Gasteiger partial charge in [0.05, 0.1) is 11.5 Å². The summed E-state index contributed by atoms with van der Waals surface area (Å²) in [4.78, 5) is 26.9. The molecule has 0 aliphatic carbocycles. The van der Waals surface area contributed by atoms with Crippen LogP contribution in [0.2, 0.25) is 0 Å². The second-order valence-electron chi connectivity index (χ2n) is 6.16. The Kier molecular flexibility index (Phi) is 6.00. The first kappa shape index (κ1) is 18.0. The molecule has 0 bridgehead atoms. The average Bonchev–Trinajstić information content (AvgIpc) is 2.80. The number of ether oxygens (including phenoxy) is 1. The Morgan fingerprint density at radius 2 is 2.04 bits per heavy atom. The Labute approximate surface area is 142 Å². The average molecular weight is 335 g/mol. The quantitative estimate of drug-likeness (QED) is 0.611. The molecule has 0 unspecified atom stereocenters. The van der Waals surface area contributed by atoms with Crippen LogP contribution < -0.4 is 9.64 Å². The summed E-state index contributed by atoms with van der Waals surface area (Å²) in [5.74, 6) is 0.468. The zero-order valence-corrected chi connectivity index (χ0v) is 14.5. The van der Waals surface area contributed by atoms with Crippen molar-refractivity contribution in [3.05, 3.63) is 28.3 Å². The minimum atomic E-state index is -0.430. The summed E-state index contributed by atoms with van der Waals surface area (Å²) in [7, 11) is 0. The third-order valence-electron chi connectivity index (χ3n) is 4.11. The first-order chi connectivity index (χ1) is 11.4. The van der Waals surface area contributed by atoms with Gasteiger partial charge in [0.1, 0.15) is 0 Å². The number of benzene rings is 1. The van der Waals surface area contributed by atoms with Crippen molar-refractivity contribution in [2.75, 3.05) is 37.7 Å². The molecule has 7 heteroatoms. The molecule has 0 aromatic heterocycles. The minimum absolute atomic E-state index is 0.000446. The highest BCUT2D eigenvalue weighted by molar-refractivity contribution is 5.78. The van der Waals surface area contributed by atoms with Gasteiger partial charge in [-0.05, 0) is 19.4 Å². The lowest BCUT2D eigenvalue weighted by Gasteiger charge is -2.25. The Hall–Kier alpha value is -2.31. The normalized spacial score (nSPS) is 15.3. The van der Waals surface area contributed by atoms with Crippen molar-refractivity contribution in [3.8, 4) is 5.75 Å². The molecule has 0 N–H and O–H groups in total. The van der Waals surface area contributed by atoms with Crippen LogP contribution >= 0.6 is 0 Å². The molecule has 0 spiro atoms. The smallest absolute Gasteiger partial charge is 0.311 e. The number of nitro benzene ring substituents is 1. The molecule has 1 heterocycles. The lowest BCUT2D eigenvalue weighted by molar-refractivity contribution is -0.385. The fourth-order valence-electron chi connectivity index (χ4n) is 2.88. The van der Waals surface area contributed by atoms with Gasteiger partial charge in [0.15, 0.2) is 5.75 Å². The van der Waals surface area contributed by atoms with E-state index in [2.05, 4.69) is 4.90 Å². The number of anilines is 1. The molecular weight excluding hydrogens is 310 g/mol. The number of carbonyl (C=O) groups is 1. The van der Waals surface area contributed by atoms with Gasteiger partial charge in [-0.2, -0.15) is 0 Å². The van der Waals surface area contributed by atoms with Crippen LogP contribution in [0.15, 0.2) is 18.2 Å². The SMILES string of the molecule is CCOc1cc(N2CCCN(C(=O)C(C)C)CC2)ccc1[N+](=O)[O-]. The molecule has 1 fully saturated rings. The number of amides is 1. The van der Waals surface area contributed by atoms with Crippen LogP contribution in [-0.4, -0.2) is 48.5 Å². The van der Waals surface area contributed by atoms with E-state index in [-0.39, 0.29) is 17.5 Å². The van der Waals surface area contributed by atoms with Gasteiger partial charge in [0, 0.05) is 49.9 Å². The molecule has 1 aliphatic heterocycles. The Bertz CT molecular complexity index is 603. The monoisotopic (exact) mass is 335 g/mol. The summed E-state index contributed by atoms with van der Waals surface area (Å²) in [6, 6.07) is 4.96. The van der Waals surface area contributed by atoms with Crippen LogP contribution in [0.3, 0.4) is 0 Å². The third-order valence-corrected chi connectivity index (χ3v) is 4.11. The standard InChI is InChI=1S/C17H25N3O4/c1-4-24-16-12-14(6-7-15(16)20(22)23)18-8-5-9-19(11-10-18)17(21)13(2)3/h6-7,12-13H,4-5,8-11H2,1-3H3. The molecule has 0 atom stereocenters. The van der Waals surface area contributed by atoms with E-state index in [0.717, 1.165) is 25.2 Å². The summed E-state index contributed by atoms with van der Waals surface area (Å²) >= 11 is 0.